The Hall–Kier alpha value is -2.66. The number of carboxylic acid groups (broad SMARTS) is 1. The standard InChI is InChI=1S/C16H12N2O3/c19-16(20)12-2-1-3-13-14(12)18-15(17-13)9-4-5-10-7-21-8-11(10)6-9/h1-6H,7-8H2,(H,17,18)(H,19,20). The Morgan fingerprint density at radius 1 is 1.19 bits per heavy atom. The van der Waals surface area contributed by atoms with Crippen LogP contribution in [0.4, 0.5) is 0 Å². The summed E-state index contributed by atoms with van der Waals surface area (Å²) in [5, 5.41) is 9.22. The van der Waals surface area contributed by atoms with E-state index in [1.54, 1.807) is 12.1 Å². The number of hydrogen-bond donors (Lipinski definition) is 2. The predicted molar refractivity (Wildman–Crippen MR) is 77.0 cm³/mol. The molecular weight excluding hydrogens is 268 g/mol. The molecule has 1 aliphatic rings. The summed E-state index contributed by atoms with van der Waals surface area (Å²) < 4.78 is 5.41. The van der Waals surface area contributed by atoms with E-state index in [1.165, 1.54) is 5.56 Å². The molecule has 104 valence electrons. The minimum atomic E-state index is -0.971. The summed E-state index contributed by atoms with van der Waals surface area (Å²) in [6.07, 6.45) is 0. The van der Waals surface area contributed by atoms with Gasteiger partial charge in [0.15, 0.2) is 0 Å². The fourth-order valence-corrected chi connectivity index (χ4v) is 2.66. The van der Waals surface area contributed by atoms with E-state index in [0.717, 1.165) is 16.6 Å². The molecule has 2 heterocycles. The molecule has 5 heteroatoms. The highest BCUT2D eigenvalue weighted by molar-refractivity contribution is 6.01. The van der Waals surface area contributed by atoms with Gasteiger partial charge in [0.1, 0.15) is 11.3 Å². The van der Waals surface area contributed by atoms with Crippen LogP contribution in [0, 0.1) is 0 Å². The zero-order valence-corrected chi connectivity index (χ0v) is 11.1. The topological polar surface area (TPSA) is 75.2 Å². The molecular formula is C16H12N2O3. The van der Waals surface area contributed by atoms with Crippen LogP contribution >= 0.6 is 0 Å². The van der Waals surface area contributed by atoms with Crippen molar-refractivity contribution in [3.8, 4) is 11.4 Å². The van der Waals surface area contributed by atoms with E-state index in [4.69, 9.17) is 4.74 Å². The molecule has 0 bridgehead atoms. The molecule has 0 unspecified atom stereocenters. The summed E-state index contributed by atoms with van der Waals surface area (Å²) in [5.41, 5.74) is 4.71. The van der Waals surface area contributed by atoms with Gasteiger partial charge in [-0.05, 0) is 29.3 Å². The highest BCUT2D eigenvalue weighted by Crippen LogP contribution is 2.27. The van der Waals surface area contributed by atoms with E-state index < -0.39 is 5.97 Å². The Balaban J connectivity index is 1.87. The summed E-state index contributed by atoms with van der Waals surface area (Å²) in [6.45, 7) is 1.27. The Morgan fingerprint density at radius 3 is 2.90 bits per heavy atom. The number of aromatic amines is 1. The minimum Gasteiger partial charge on any atom is -0.478 e. The fourth-order valence-electron chi connectivity index (χ4n) is 2.66. The van der Waals surface area contributed by atoms with Gasteiger partial charge in [0, 0.05) is 5.56 Å². The number of nitrogens with one attached hydrogen (secondary N) is 1. The molecule has 2 N–H and O–H groups in total. The SMILES string of the molecule is O=C(O)c1cccc2[nH]c(-c3ccc4c(c3)COC4)nc12. The van der Waals surface area contributed by atoms with E-state index in [2.05, 4.69) is 9.97 Å². The van der Waals surface area contributed by atoms with E-state index in [1.807, 2.05) is 24.3 Å². The van der Waals surface area contributed by atoms with Crippen LogP contribution in [-0.4, -0.2) is 21.0 Å². The maximum atomic E-state index is 11.2. The second-order valence-corrected chi connectivity index (χ2v) is 5.07. The largest absolute Gasteiger partial charge is 0.478 e. The normalized spacial score (nSPS) is 13.5. The summed E-state index contributed by atoms with van der Waals surface area (Å²) in [4.78, 5) is 18.9. The Kier molecular flexibility index (Phi) is 2.55. The average molecular weight is 280 g/mol. The molecule has 0 atom stereocenters. The third-order valence-corrected chi connectivity index (χ3v) is 3.74. The number of rotatable bonds is 2. The van der Waals surface area contributed by atoms with Crippen molar-refractivity contribution in [2.24, 2.45) is 0 Å². The monoisotopic (exact) mass is 280 g/mol. The number of fused-ring (bicyclic) bond motifs is 2. The van der Waals surface area contributed by atoms with Crippen molar-refractivity contribution < 1.29 is 14.6 Å². The zero-order chi connectivity index (χ0) is 14.4. The number of para-hydroxylation sites is 1. The molecule has 0 amide bonds. The van der Waals surface area contributed by atoms with Gasteiger partial charge in [-0.15, -0.1) is 0 Å². The van der Waals surface area contributed by atoms with Crippen LogP contribution in [0.3, 0.4) is 0 Å². The van der Waals surface area contributed by atoms with Gasteiger partial charge in [-0.25, -0.2) is 9.78 Å². The lowest BCUT2D eigenvalue weighted by atomic mass is 10.1. The van der Waals surface area contributed by atoms with E-state index in [9.17, 15) is 9.90 Å². The van der Waals surface area contributed by atoms with Crippen LogP contribution in [0.25, 0.3) is 22.4 Å². The number of hydrogen-bond acceptors (Lipinski definition) is 3. The van der Waals surface area contributed by atoms with Crippen LogP contribution < -0.4 is 0 Å². The molecule has 0 saturated heterocycles. The van der Waals surface area contributed by atoms with E-state index in [-0.39, 0.29) is 5.56 Å². The van der Waals surface area contributed by atoms with Gasteiger partial charge >= 0.3 is 5.97 Å². The molecule has 0 radical (unpaired) electrons. The quantitative estimate of drug-likeness (QED) is 0.756. The van der Waals surface area contributed by atoms with Gasteiger partial charge in [0.2, 0.25) is 0 Å². The average Bonchev–Trinajstić information content (AvgIpc) is 3.11. The first kappa shape index (κ1) is 12.1. The molecule has 1 aromatic heterocycles. The number of benzene rings is 2. The molecule has 1 aliphatic heterocycles. The van der Waals surface area contributed by atoms with E-state index >= 15 is 0 Å². The lowest BCUT2D eigenvalue weighted by molar-refractivity contribution is 0.0699. The highest BCUT2D eigenvalue weighted by Gasteiger charge is 2.16. The predicted octanol–water partition coefficient (Wildman–Crippen LogP) is 2.96. The smallest absolute Gasteiger partial charge is 0.337 e. The number of aromatic nitrogens is 2. The van der Waals surface area contributed by atoms with Crippen molar-refractivity contribution in [2.45, 2.75) is 13.2 Å². The Labute approximate surface area is 120 Å². The van der Waals surface area contributed by atoms with Crippen molar-refractivity contribution in [1.82, 2.24) is 9.97 Å². The molecule has 0 fully saturated rings. The number of H-pyrrole nitrogens is 1. The third kappa shape index (κ3) is 1.90. The summed E-state index contributed by atoms with van der Waals surface area (Å²) in [6, 6.07) is 11.2. The number of nitrogens with zero attached hydrogens (tertiary/aromatic N) is 1. The van der Waals surface area contributed by atoms with Crippen molar-refractivity contribution in [1.29, 1.82) is 0 Å². The Morgan fingerprint density at radius 2 is 2.05 bits per heavy atom. The van der Waals surface area contributed by atoms with Crippen LogP contribution in [0.15, 0.2) is 36.4 Å². The van der Waals surface area contributed by atoms with Gasteiger partial charge in [0.05, 0.1) is 24.3 Å². The lowest BCUT2D eigenvalue weighted by Gasteiger charge is -2.00. The molecule has 0 aliphatic carbocycles. The summed E-state index contributed by atoms with van der Waals surface area (Å²) in [5.74, 6) is -0.297. The van der Waals surface area contributed by atoms with Crippen molar-refractivity contribution in [3.63, 3.8) is 0 Å². The molecule has 5 nitrogen and oxygen atoms in total. The number of aromatic carboxylic acids is 1. The second-order valence-electron chi connectivity index (χ2n) is 5.07. The molecule has 21 heavy (non-hydrogen) atoms. The Bertz CT molecular complexity index is 867. The highest BCUT2D eigenvalue weighted by atomic mass is 16.5. The van der Waals surface area contributed by atoms with Crippen molar-refractivity contribution in [3.05, 3.63) is 53.1 Å². The molecule has 4 rings (SSSR count). The van der Waals surface area contributed by atoms with Gasteiger partial charge in [-0.3, -0.25) is 0 Å². The maximum absolute atomic E-state index is 11.2. The number of carboxylic acids is 1. The van der Waals surface area contributed by atoms with Crippen LogP contribution in [-0.2, 0) is 18.0 Å². The molecule has 0 saturated carbocycles. The zero-order valence-electron chi connectivity index (χ0n) is 11.1. The van der Waals surface area contributed by atoms with Gasteiger partial charge in [0.25, 0.3) is 0 Å². The number of carbonyl (C=O) groups is 1. The number of imidazole rings is 1. The van der Waals surface area contributed by atoms with Gasteiger partial charge in [-0.2, -0.15) is 0 Å². The first-order valence-corrected chi connectivity index (χ1v) is 6.64. The number of ether oxygens (including phenoxy) is 1. The summed E-state index contributed by atoms with van der Waals surface area (Å²) in [7, 11) is 0. The molecule has 2 aromatic carbocycles. The lowest BCUT2D eigenvalue weighted by Crippen LogP contribution is -1.96. The third-order valence-electron chi connectivity index (χ3n) is 3.74. The fraction of sp³-hybridized carbons (Fsp3) is 0.125. The minimum absolute atomic E-state index is 0.208. The van der Waals surface area contributed by atoms with Crippen LogP contribution in [0.1, 0.15) is 21.5 Å². The van der Waals surface area contributed by atoms with Gasteiger partial charge in [-0.1, -0.05) is 18.2 Å². The first-order valence-electron chi connectivity index (χ1n) is 6.64. The second kappa shape index (κ2) is 4.43. The van der Waals surface area contributed by atoms with Crippen molar-refractivity contribution in [2.75, 3.05) is 0 Å². The first-order chi connectivity index (χ1) is 10.2. The van der Waals surface area contributed by atoms with Crippen LogP contribution in [0.5, 0.6) is 0 Å². The van der Waals surface area contributed by atoms with Gasteiger partial charge < -0.3 is 14.8 Å². The van der Waals surface area contributed by atoms with E-state index in [0.29, 0.717) is 24.6 Å². The molecule has 3 aromatic rings. The van der Waals surface area contributed by atoms with Crippen molar-refractivity contribution >= 4 is 17.0 Å². The van der Waals surface area contributed by atoms with Crippen LogP contribution in [0.2, 0.25) is 0 Å². The molecule has 0 spiro atoms. The maximum Gasteiger partial charge on any atom is 0.337 e. The summed E-state index contributed by atoms with van der Waals surface area (Å²) >= 11 is 0.